The molecular formula is C64H46N4. The van der Waals surface area contributed by atoms with Crippen LogP contribution in [0.3, 0.4) is 0 Å². The van der Waals surface area contributed by atoms with Gasteiger partial charge in [-0.2, -0.15) is 0 Å². The fourth-order valence-electron chi connectivity index (χ4n) is 11.9. The Balaban J connectivity index is 0.915. The Morgan fingerprint density at radius 3 is 0.868 bits per heavy atom. The molecule has 68 heavy (non-hydrogen) atoms. The Labute approximate surface area is 393 Å². The molecule has 14 aromatic rings. The lowest BCUT2D eigenvalue weighted by Crippen LogP contribution is -2.00. The second-order valence-electron chi connectivity index (χ2n) is 18.8. The second-order valence-corrected chi connectivity index (χ2v) is 18.8. The highest BCUT2D eigenvalue weighted by Gasteiger charge is 2.21. The maximum atomic E-state index is 2.46. The number of hydrogen-bond donors (Lipinski definition) is 0. The molecule has 0 atom stereocenters. The molecule has 4 heteroatoms. The van der Waals surface area contributed by atoms with Crippen molar-refractivity contribution >= 4 is 87.2 Å². The molecule has 0 aliphatic heterocycles. The molecule has 0 saturated heterocycles. The van der Waals surface area contributed by atoms with Gasteiger partial charge in [0, 0.05) is 54.5 Å². The number of rotatable bonds is 5. The lowest BCUT2D eigenvalue weighted by molar-refractivity contribution is 1.12. The Bertz CT molecular complexity index is 4110. The Morgan fingerprint density at radius 1 is 0.221 bits per heavy atom. The highest BCUT2D eigenvalue weighted by Crippen LogP contribution is 2.42. The van der Waals surface area contributed by atoms with Crippen LogP contribution in [0.15, 0.2) is 206 Å². The summed E-state index contributed by atoms with van der Waals surface area (Å²) < 4.78 is 9.81. The van der Waals surface area contributed by atoms with E-state index in [1.807, 2.05) is 0 Å². The summed E-state index contributed by atoms with van der Waals surface area (Å²) in [6, 6.07) is 76.7. The lowest BCUT2D eigenvalue weighted by atomic mass is 10.0. The number of benzene rings is 10. The van der Waals surface area contributed by atoms with Crippen molar-refractivity contribution in [2.24, 2.45) is 0 Å². The minimum absolute atomic E-state index is 1.16. The van der Waals surface area contributed by atoms with Gasteiger partial charge in [0.05, 0.1) is 55.5 Å². The normalized spacial score (nSPS) is 12.1. The summed E-state index contributed by atoms with van der Waals surface area (Å²) in [6.45, 7) is 8.87. The van der Waals surface area contributed by atoms with E-state index in [0.717, 1.165) is 11.4 Å². The number of aryl methyl sites for hydroxylation is 4. The first-order valence-electron chi connectivity index (χ1n) is 23.7. The third-order valence-electron chi connectivity index (χ3n) is 14.8. The van der Waals surface area contributed by atoms with E-state index < -0.39 is 0 Å². The number of para-hydroxylation sites is 6. The van der Waals surface area contributed by atoms with Crippen molar-refractivity contribution in [2.45, 2.75) is 27.7 Å². The van der Waals surface area contributed by atoms with Crippen LogP contribution in [0.5, 0.6) is 0 Å². The summed E-state index contributed by atoms with van der Waals surface area (Å²) >= 11 is 0. The minimum Gasteiger partial charge on any atom is -0.309 e. The predicted molar refractivity (Wildman–Crippen MR) is 288 cm³/mol. The van der Waals surface area contributed by atoms with Gasteiger partial charge in [0.15, 0.2) is 0 Å². The van der Waals surface area contributed by atoms with E-state index in [1.54, 1.807) is 0 Å². The van der Waals surface area contributed by atoms with E-state index in [1.165, 1.54) is 132 Å². The van der Waals surface area contributed by atoms with Crippen LogP contribution >= 0.6 is 0 Å². The lowest BCUT2D eigenvalue weighted by Gasteiger charge is -2.15. The first-order chi connectivity index (χ1) is 33.4. The van der Waals surface area contributed by atoms with Crippen molar-refractivity contribution in [3.05, 3.63) is 229 Å². The third kappa shape index (κ3) is 5.43. The first kappa shape index (κ1) is 38.6. The fourth-order valence-corrected chi connectivity index (χ4v) is 11.9. The quantitative estimate of drug-likeness (QED) is 0.164. The predicted octanol–water partition coefficient (Wildman–Crippen LogP) is 17.0. The van der Waals surface area contributed by atoms with Gasteiger partial charge in [-0.25, -0.2) is 0 Å². The standard InChI is InChI=1S/C64H46N4/c1-39-15-13-16-40(2)63(39)67-57-25-11-7-21-49(57)53-37-45(29-33-61(53)67)65-55-23-9-5-19-47(55)51-35-43(27-31-59(51)65)44-28-32-60-52(36-44)48-20-6-10-24-56(48)66(60)46-30-34-62-54(38-46)50-22-8-12-26-58(50)68(62)64-41(3)17-14-18-42(64)4/h5-38H,1-4H3. The highest BCUT2D eigenvalue weighted by molar-refractivity contribution is 6.15. The molecule has 322 valence electrons. The van der Waals surface area contributed by atoms with Gasteiger partial charge in [0.1, 0.15) is 0 Å². The smallest absolute Gasteiger partial charge is 0.0542 e. The average Bonchev–Trinajstić information content (AvgIpc) is 4.08. The molecule has 0 bridgehead atoms. The molecule has 0 unspecified atom stereocenters. The Hall–Kier alpha value is -8.60. The van der Waals surface area contributed by atoms with Gasteiger partial charge in [-0.05, 0) is 146 Å². The maximum absolute atomic E-state index is 2.46. The van der Waals surface area contributed by atoms with Gasteiger partial charge in [-0.3, -0.25) is 0 Å². The van der Waals surface area contributed by atoms with Gasteiger partial charge in [0.2, 0.25) is 0 Å². The average molecular weight is 871 g/mol. The summed E-state index contributed by atoms with van der Waals surface area (Å²) in [7, 11) is 0. The third-order valence-corrected chi connectivity index (χ3v) is 14.8. The van der Waals surface area contributed by atoms with Gasteiger partial charge >= 0.3 is 0 Å². The molecule has 0 amide bonds. The fraction of sp³-hybridized carbons (Fsp3) is 0.0625. The molecule has 0 aliphatic carbocycles. The maximum Gasteiger partial charge on any atom is 0.0542 e. The molecule has 0 aliphatic rings. The van der Waals surface area contributed by atoms with Gasteiger partial charge in [0.25, 0.3) is 0 Å². The zero-order valence-electron chi connectivity index (χ0n) is 38.4. The molecule has 14 rings (SSSR count). The topological polar surface area (TPSA) is 19.7 Å². The highest BCUT2D eigenvalue weighted by atomic mass is 15.0. The molecule has 0 spiro atoms. The van der Waals surface area contributed by atoms with E-state index in [-0.39, 0.29) is 0 Å². The number of hydrogen-bond acceptors (Lipinski definition) is 0. The zero-order valence-corrected chi connectivity index (χ0v) is 38.4. The number of aromatic nitrogens is 4. The molecule has 0 N–H and O–H groups in total. The van der Waals surface area contributed by atoms with E-state index in [2.05, 4.69) is 252 Å². The van der Waals surface area contributed by atoms with Gasteiger partial charge in [-0.1, -0.05) is 121 Å². The molecule has 0 saturated carbocycles. The van der Waals surface area contributed by atoms with Crippen molar-refractivity contribution in [1.29, 1.82) is 0 Å². The molecule has 0 fully saturated rings. The van der Waals surface area contributed by atoms with Crippen LogP contribution < -0.4 is 0 Å². The van der Waals surface area contributed by atoms with Crippen molar-refractivity contribution in [2.75, 3.05) is 0 Å². The minimum atomic E-state index is 1.16. The van der Waals surface area contributed by atoms with Crippen molar-refractivity contribution in [3.8, 4) is 33.9 Å². The van der Waals surface area contributed by atoms with Crippen LogP contribution in [0, 0.1) is 27.7 Å². The molecule has 0 radical (unpaired) electrons. The molecule has 4 aromatic heterocycles. The van der Waals surface area contributed by atoms with E-state index in [0.29, 0.717) is 0 Å². The van der Waals surface area contributed by atoms with Crippen molar-refractivity contribution in [3.63, 3.8) is 0 Å². The monoisotopic (exact) mass is 870 g/mol. The largest absolute Gasteiger partial charge is 0.309 e. The van der Waals surface area contributed by atoms with E-state index >= 15 is 0 Å². The Morgan fingerprint density at radius 2 is 0.500 bits per heavy atom. The van der Waals surface area contributed by atoms with E-state index in [4.69, 9.17) is 0 Å². The summed E-state index contributed by atoms with van der Waals surface area (Å²) in [5, 5.41) is 9.99. The van der Waals surface area contributed by atoms with Crippen molar-refractivity contribution in [1.82, 2.24) is 18.3 Å². The first-order valence-corrected chi connectivity index (χ1v) is 23.7. The van der Waals surface area contributed by atoms with Crippen LogP contribution in [0.1, 0.15) is 22.3 Å². The van der Waals surface area contributed by atoms with E-state index in [9.17, 15) is 0 Å². The molecule has 4 nitrogen and oxygen atoms in total. The van der Waals surface area contributed by atoms with Crippen LogP contribution in [-0.2, 0) is 0 Å². The molecule has 4 heterocycles. The molecular weight excluding hydrogens is 825 g/mol. The summed E-state index contributed by atoms with van der Waals surface area (Å²) in [4.78, 5) is 0. The van der Waals surface area contributed by atoms with Crippen LogP contribution in [-0.4, -0.2) is 18.3 Å². The van der Waals surface area contributed by atoms with Crippen LogP contribution in [0.25, 0.3) is 121 Å². The van der Waals surface area contributed by atoms with Crippen LogP contribution in [0.4, 0.5) is 0 Å². The van der Waals surface area contributed by atoms with Crippen molar-refractivity contribution < 1.29 is 0 Å². The molecule has 10 aromatic carbocycles. The van der Waals surface area contributed by atoms with Gasteiger partial charge < -0.3 is 18.3 Å². The zero-order chi connectivity index (χ0) is 45.4. The second kappa shape index (κ2) is 14.4. The Kier molecular flexibility index (Phi) is 8.21. The van der Waals surface area contributed by atoms with Gasteiger partial charge in [-0.15, -0.1) is 0 Å². The SMILES string of the molecule is Cc1cccc(C)c1-n1c2ccccc2c2cc(-n3c4ccccc4c4cc(-c5ccc6c(c5)c5ccccc5n6-c5ccc6c(c5)c5ccccc5n6-c5c(C)cccc5C)ccc43)ccc21. The number of fused-ring (bicyclic) bond motifs is 12. The summed E-state index contributed by atoms with van der Waals surface area (Å²) in [5.74, 6) is 0. The summed E-state index contributed by atoms with van der Waals surface area (Å²) in [5.41, 5.74) is 22.0. The summed E-state index contributed by atoms with van der Waals surface area (Å²) in [6.07, 6.45) is 0. The van der Waals surface area contributed by atoms with Crippen LogP contribution in [0.2, 0.25) is 0 Å². The number of nitrogens with zero attached hydrogens (tertiary/aromatic N) is 4.